The lowest BCUT2D eigenvalue weighted by Crippen LogP contribution is -3.11. The number of aromatic nitrogens is 1. The summed E-state index contributed by atoms with van der Waals surface area (Å²) in [7, 11) is 0. The highest BCUT2D eigenvalue weighted by molar-refractivity contribution is 6.09. The fourth-order valence-electron chi connectivity index (χ4n) is 4.71. The van der Waals surface area contributed by atoms with Crippen molar-refractivity contribution in [1.82, 2.24) is 9.47 Å². The second-order valence-electron chi connectivity index (χ2n) is 8.17. The van der Waals surface area contributed by atoms with Gasteiger partial charge in [0.25, 0.3) is 11.8 Å². The average molecular weight is 434 g/mol. The number of carbonyl (C=O) groups is 3. The highest BCUT2D eigenvalue weighted by atomic mass is 16.8. The van der Waals surface area contributed by atoms with Crippen LogP contribution in [0.4, 0.5) is 5.69 Å². The summed E-state index contributed by atoms with van der Waals surface area (Å²) in [5, 5.41) is 24.2. The summed E-state index contributed by atoms with van der Waals surface area (Å²) in [6.07, 6.45) is 2.59. The summed E-state index contributed by atoms with van der Waals surface area (Å²) in [6, 6.07) is 11.8. The fraction of sp³-hybridized carbons (Fsp3) is 0.261. The Kier molecular flexibility index (Phi) is 5.01. The van der Waals surface area contributed by atoms with E-state index in [0.29, 0.717) is 41.7 Å². The van der Waals surface area contributed by atoms with Crippen LogP contribution >= 0.6 is 0 Å². The lowest BCUT2D eigenvalue weighted by molar-refractivity contribution is -1.06. The topological polar surface area (TPSA) is 119 Å². The Morgan fingerprint density at radius 1 is 1.06 bits per heavy atom. The van der Waals surface area contributed by atoms with Crippen LogP contribution in [0.1, 0.15) is 28.8 Å². The molecule has 2 amide bonds. The molecule has 1 fully saturated rings. The fourth-order valence-corrected chi connectivity index (χ4v) is 4.71. The second-order valence-corrected chi connectivity index (χ2v) is 8.17. The first kappa shape index (κ1) is 20.4. The first-order chi connectivity index (χ1) is 15.5. The number of amides is 2. The Labute approximate surface area is 183 Å². The van der Waals surface area contributed by atoms with Gasteiger partial charge >= 0.3 is 0 Å². The first-order valence-corrected chi connectivity index (χ1v) is 10.5. The van der Waals surface area contributed by atoms with E-state index in [9.17, 15) is 24.8 Å². The van der Waals surface area contributed by atoms with Gasteiger partial charge in [0.15, 0.2) is 0 Å². The number of hydrogen-bond acceptors (Lipinski definition) is 5. The lowest BCUT2D eigenvalue weighted by Gasteiger charge is -2.30. The SMILES string of the molecule is O=C1Nc2ccccc2C(=O)n2cc(c3ccccc32)CC([NH+]([O-])O)C(=O)N2CCCC12. The van der Waals surface area contributed by atoms with E-state index in [2.05, 4.69) is 5.32 Å². The molecule has 2 aromatic carbocycles. The van der Waals surface area contributed by atoms with Crippen LogP contribution in [0, 0.1) is 5.21 Å². The molecule has 9 nitrogen and oxygen atoms in total. The average Bonchev–Trinajstić information content (AvgIpc) is 3.42. The Morgan fingerprint density at radius 2 is 1.81 bits per heavy atom. The van der Waals surface area contributed by atoms with Crippen molar-refractivity contribution in [3.8, 4) is 0 Å². The molecule has 5 rings (SSSR count). The van der Waals surface area contributed by atoms with Gasteiger partial charge in [-0.15, -0.1) is 0 Å². The summed E-state index contributed by atoms with van der Waals surface area (Å²) in [5.41, 5.74) is 1.89. The molecule has 0 saturated carbocycles. The van der Waals surface area contributed by atoms with E-state index in [4.69, 9.17) is 0 Å². The van der Waals surface area contributed by atoms with Crippen LogP contribution in [-0.4, -0.2) is 51.0 Å². The number of para-hydroxylation sites is 2. The van der Waals surface area contributed by atoms with E-state index in [-0.39, 0.29) is 12.3 Å². The van der Waals surface area contributed by atoms with Crippen LogP contribution in [0.15, 0.2) is 54.7 Å². The van der Waals surface area contributed by atoms with Gasteiger partial charge in [-0.3, -0.25) is 19.0 Å². The van der Waals surface area contributed by atoms with Gasteiger partial charge in [0.1, 0.15) is 6.04 Å². The molecule has 3 heterocycles. The maximum atomic E-state index is 13.5. The van der Waals surface area contributed by atoms with Crippen LogP contribution in [0.5, 0.6) is 0 Å². The summed E-state index contributed by atoms with van der Waals surface area (Å²) in [5.74, 6) is -1.34. The highest BCUT2D eigenvalue weighted by Crippen LogP contribution is 2.28. The molecule has 2 aliphatic rings. The predicted octanol–water partition coefficient (Wildman–Crippen LogP) is 0.956. The largest absolute Gasteiger partial charge is 0.599 e. The Bertz CT molecular complexity index is 1230. The molecular formula is C23H22N4O5. The van der Waals surface area contributed by atoms with Gasteiger partial charge in [-0.2, -0.15) is 0 Å². The normalized spacial score (nSPS) is 22.4. The standard InChI is InChI=1S/C23H22N4O5/c28-21-19-10-5-11-25(19)23(30)20(27(31)32)12-14-13-26(18-9-4-2-6-15(14)18)22(29)16-7-1-3-8-17(16)24-21/h1-4,6-9,13,19-20,27,31H,5,10-12H2,(H,24,28). The number of hydroxylamine groups is 2. The first-order valence-electron chi connectivity index (χ1n) is 10.5. The van der Waals surface area contributed by atoms with Gasteiger partial charge in [-0.25, -0.2) is 10.4 Å². The molecule has 1 saturated heterocycles. The molecule has 0 aliphatic carbocycles. The third kappa shape index (κ3) is 3.27. The number of fused-ring (bicyclic) bond motifs is 7. The summed E-state index contributed by atoms with van der Waals surface area (Å²) in [4.78, 5) is 41.2. The minimum Gasteiger partial charge on any atom is -0.599 e. The Morgan fingerprint density at radius 3 is 2.62 bits per heavy atom. The summed E-state index contributed by atoms with van der Waals surface area (Å²) >= 11 is 0. The van der Waals surface area contributed by atoms with Crippen molar-refractivity contribution in [1.29, 1.82) is 0 Å². The zero-order valence-electron chi connectivity index (χ0n) is 17.2. The quantitative estimate of drug-likeness (QED) is 0.493. The van der Waals surface area contributed by atoms with Crippen molar-refractivity contribution in [3.63, 3.8) is 0 Å². The number of nitrogens with one attached hydrogen (secondary N) is 2. The van der Waals surface area contributed by atoms with Gasteiger partial charge in [-0.1, -0.05) is 30.3 Å². The molecule has 0 spiro atoms. The maximum Gasteiger partial charge on any atom is 0.285 e. The van der Waals surface area contributed by atoms with Crippen molar-refractivity contribution in [2.24, 2.45) is 0 Å². The number of benzene rings is 2. The summed E-state index contributed by atoms with van der Waals surface area (Å²) in [6.45, 7) is 0.322. The van der Waals surface area contributed by atoms with E-state index in [0.717, 1.165) is 5.39 Å². The summed E-state index contributed by atoms with van der Waals surface area (Å²) < 4.78 is 1.46. The zero-order valence-corrected chi connectivity index (χ0v) is 17.2. The van der Waals surface area contributed by atoms with E-state index in [1.807, 2.05) is 12.1 Å². The van der Waals surface area contributed by atoms with Gasteiger partial charge in [0.2, 0.25) is 11.9 Å². The number of rotatable bonds is 1. The molecule has 32 heavy (non-hydrogen) atoms. The molecule has 3 aromatic rings. The predicted molar refractivity (Wildman–Crippen MR) is 115 cm³/mol. The van der Waals surface area contributed by atoms with Crippen molar-refractivity contribution >= 4 is 34.3 Å². The molecular weight excluding hydrogens is 412 g/mol. The van der Waals surface area contributed by atoms with E-state index in [1.165, 1.54) is 9.47 Å². The number of hydrogen-bond donors (Lipinski definition) is 3. The maximum absolute atomic E-state index is 13.5. The molecule has 0 radical (unpaired) electrons. The minimum absolute atomic E-state index is 0.0680. The van der Waals surface area contributed by atoms with Crippen LogP contribution in [0.25, 0.3) is 10.9 Å². The molecule has 2 aliphatic heterocycles. The lowest BCUT2D eigenvalue weighted by atomic mass is 10.0. The molecule has 2 bridgehead atoms. The second kappa shape index (κ2) is 7.86. The molecule has 3 atom stereocenters. The van der Waals surface area contributed by atoms with Crippen molar-refractivity contribution in [2.45, 2.75) is 31.3 Å². The number of nitrogens with zero attached hydrogens (tertiary/aromatic N) is 2. The third-order valence-corrected chi connectivity index (χ3v) is 6.29. The molecule has 164 valence electrons. The zero-order chi connectivity index (χ0) is 22.4. The molecule has 3 unspecified atom stereocenters. The smallest absolute Gasteiger partial charge is 0.285 e. The number of anilines is 1. The van der Waals surface area contributed by atoms with Crippen molar-refractivity contribution in [3.05, 3.63) is 71.1 Å². The van der Waals surface area contributed by atoms with Crippen molar-refractivity contribution in [2.75, 3.05) is 11.9 Å². The van der Waals surface area contributed by atoms with Gasteiger partial charge in [0.05, 0.1) is 16.8 Å². The van der Waals surface area contributed by atoms with Gasteiger partial charge in [0, 0.05) is 24.5 Å². The van der Waals surface area contributed by atoms with Gasteiger partial charge in [-0.05, 0) is 36.6 Å². The molecule has 1 aromatic heterocycles. The number of quaternary nitrogens is 1. The number of carbonyl (C=O) groups excluding carboxylic acids is 3. The third-order valence-electron chi connectivity index (χ3n) is 6.29. The van der Waals surface area contributed by atoms with Crippen LogP contribution < -0.4 is 10.5 Å². The Balaban J connectivity index is 1.72. The highest BCUT2D eigenvalue weighted by Gasteiger charge is 2.40. The van der Waals surface area contributed by atoms with E-state index < -0.39 is 29.1 Å². The monoisotopic (exact) mass is 434 g/mol. The van der Waals surface area contributed by atoms with Crippen LogP contribution in [0.3, 0.4) is 0 Å². The van der Waals surface area contributed by atoms with Crippen molar-refractivity contribution < 1.29 is 24.8 Å². The van der Waals surface area contributed by atoms with Crippen LogP contribution in [0.2, 0.25) is 0 Å². The van der Waals surface area contributed by atoms with E-state index >= 15 is 0 Å². The van der Waals surface area contributed by atoms with Crippen LogP contribution in [-0.2, 0) is 16.0 Å². The van der Waals surface area contributed by atoms with Gasteiger partial charge < -0.3 is 15.4 Å². The minimum atomic E-state index is -1.35. The molecule has 9 heteroatoms. The Hall–Kier alpha value is -3.53. The van der Waals surface area contributed by atoms with E-state index in [1.54, 1.807) is 42.6 Å². The molecule has 3 N–H and O–H groups in total.